The minimum atomic E-state index is 0.151. The van der Waals surface area contributed by atoms with E-state index >= 15 is 0 Å². The number of ketones is 1. The second kappa shape index (κ2) is 4.46. The van der Waals surface area contributed by atoms with Gasteiger partial charge < -0.3 is 0 Å². The molecule has 2 rings (SSSR count). The zero-order valence-electron chi connectivity index (χ0n) is 9.19. The molecular weight excluding hydrogens is 172 g/mol. The molecule has 0 radical (unpaired) electrons. The van der Waals surface area contributed by atoms with Crippen LogP contribution in [0.3, 0.4) is 0 Å². The molecule has 0 aromatic carbocycles. The smallest absolute Gasteiger partial charge is 0.139 e. The summed E-state index contributed by atoms with van der Waals surface area (Å²) < 4.78 is 0. The summed E-state index contributed by atoms with van der Waals surface area (Å²) in [7, 11) is 0. The van der Waals surface area contributed by atoms with Crippen LogP contribution in [-0.2, 0) is 4.79 Å². The summed E-state index contributed by atoms with van der Waals surface area (Å²) in [5.41, 5.74) is 0.151. The molecule has 0 aromatic heterocycles. The molecule has 0 bridgehead atoms. The first kappa shape index (κ1) is 10.2. The first-order valence-corrected chi connectivity index (χ1v) is 6.37. The van der Waals surface area contributed by atoms with Crippen molar-refractivity contribution in [2.75, 3.05) is 0 Å². The van der Waals surface area contributed by atoms with E-state index < -0.39 is 0 Å². The maximum atomic E-state index is 12.1. The van der Waals surface area contributed by atoms with Crippen LogP contribution in [0.2, 0.25) is 0 Å². The van der Waals surface area contributed by atoms with Crippen LogP contribution in [0.4, 0.5) is 0 Å². The maximum absolute atomic E-state index is 12.1. The Kier molecular flexibility index (Phi) is 3.25. The summed E-state index contributed by atoms with van der Waals surface area (Å²) in [5.74, 6) is 0.608. The summed E-state index contributed by atoms with van der Waals surface area (Å²) in [6, 6.07) is 0. The molecule has 1 spiro atoms. The second-order valence-corrected chi connectivity index (χ2v) is 5.18. The van der Waals surface area contributed by atoms with Gasteiger partial charge in [-0.3, -0.25) is 4.79 Å². The van der Waals surface area contributed by atoms with Crippen molar-refractivity contribution in [1.29, 1.82) is 0 Å². The Morgan fingerprint density at radius 1 is 0.714 bits per heavy atom. The van der Waals surface area contributed by atoms with E-state index in [1.165, 1.54) is 57.8 Å². The van der Waals surface area contributed by atoms with Crippen molar-refractivity contribution in [1.82, 2.24) is 0 Å². The number of rotatable bonds is 0. The minimum absolute atomic E-state index is 0.151. The fourth-order valence-electron chi connectivity index (χ4n) is 3.26. The molecule has 1 nitrogen and oxygen atoms in total. The lowest BCUT2D eigenvalue weighted by molar-refractivity contribution is -0.131. The molecular formula is C13H22O. The summed E-state index contributed by atoms with van der Waals surface area (Å²) in [5, 5.41) is 0. The maximum Gasteiger partial charge on any atom is 0.139 e. The molecule has 0 aromatic rings. The van der Waals surface area contributed by atoms with Crippen LogP contribution in [-0.4, -0.2) is 5.78 Å². The van der Waals surface area contributed by atoms with Gasteiger partial charge in [-0.15, -0.1) is 0 Å². The molecule has 0 saturated heterocycles. The van der Waals surface area contributed by atoms with Gasteiger partial charge >= 0.3 is 0 Å². The Labute approximate surface area is 87.3 Å². The molecule has 0 amide bonds. The van der Waals surface area contributed by atoms with Gasteiger partial charge in [0.1, 0.15) is 5.78 Å². The van der Waals surface area contributed by atoms with Crippen molar-refractivity contribution in [3.05, 3.63) is 0 Å². The lowest BCUT2D eigenvalue weighted by Crippen LogP contribution is -2.34. The molecule has 80 valence electrons. The Balaban J connectivity index is 2.06. The number of carbonyl (C=O) groups is 1. The Morgan fingerprint density at radius 3 is 1.86 bits per heavy atom. The predicted octanol–water partition coefficient (Wildman–Crippen LogP) is 3.86. The molecule has 1 heteroatoms. The van der Waals surface area contributed by atoms with Gasteiger partial charge in [0.15, 0.2) is 0 Å². The topological polar surface area (TPSA) is 17.1 Å². The van der Waals surface area contributed by atoms with E-state index in [4.69, 9.17) is 0 Å². The molecule has 0 aliphatic heterocycles. The fourth-order valence-corrected chi connectivity index (χ4v) is 3.26. The lowest BCUT2D eigenvalue weighted by atomic mass is 9.66. The molecule has 2 aliphatic rings. The first-order valence-electron chi connectivity index (χ1n) is 6.37. The largest absolute Gasteiger partial charge is 0.299 e. The molecule has 2 fully saturated rings. The van der Waals surface area contributed by atoms with Crippen LogP contribution < -0.4 is 0 Å². The normalized spacial score (nSPS) is 28.4. The van der Waals surface area contributed by atoms with Crippen LogP contribution in [0.15, 0.2) is 0 Å². The average molecular weight is 194 g/mol. The van der Waals surface area contributed by atoms with Gasteiger partial charge in [-0.2, -0.15) is 0 Å². The summed E-state index contributed by atoms with van der Waals surface area (Å²) in [4.78, 5) is 12.1. The molecule has 14 heavy (non-hydrogen) atoms. The van der Waals surface area contributed by atoms with Gasteiger partial charge in [0.05, 0.1) is 0 Å². The molecule has 0 unspecified atom stereocenters. The summed E-state index contributed by atoms with van der Waals surface area (Å²) in [6.45, 7) is 0. The highest BCUT2D eigenvalue weighted by molar-refractivity contribution is 5.84. The Morgan fingerprint density at radius 2 is 1.21 bits per heavy atom. The van der Waals surface area contributed by atoms with E-state index in [-0.39, 0.29) is 5.41 Å². The van der Waals surface area contributed by atoms with Gasteiger partial charge in [-0.1, -0.05) is 38.5 Å². The number of carbonyl (C=O) groups excluding carboxylic acids is 1. The van der Waals surface area contributed by atoms with Crippen LogP contribution in [0.5, 0.6) is 0 Å². The highest BCUT2D eigenvalue weighted by Crippen LogP contribution is 2.43. The van der Waals surface area contributed by atoms with Crippen molar-refractivity contribution in [3.8, 4) is 0 Å². The predicted molar refractivity (Wildman–Crippen MR) is 58.2 cm³/mol. The summed E-state index contributed by atoms with van der Waals surface area (Å²) >= 11 is 0. The van der Waals surface area contributed by atoms with Gasteiger partial charge in [-0.05, 0) is 25.7 Å². The highest BCUT2D eigenvalue weighted by atomic mass is 16.1. The lowest BCUT2D eigenvalue weighted by Gasteiger charge is -2.37. The molecule has 0 atom stereocenters. The first-order chi connectivity index (χ1) is 6.83. The van der Waals surface area contributed by atoms with E-state index in [1.54, 1.807) is 0 Å². The SMILES string of the molecule is O=C1CCCCCCC12CCCCC2. The van der Waals surface area contributed by atoms with Gasteiger partial charge in [-0.25, -0.2) is 0 Å². The van der Waals surface area contributed by atoms with Crippen molar-refractivity contribution in [3.63, 3.8) is 0 Å². The van der Waals surface area contributed by atoms with Crippen molar-refractivity contribution in [2.45, 2.75) is 70.6 Å². The molecule has 2 saturated carbocycles. The average Bonchev–Trinajstić information content (AvgIpc) is 2.22. The Bertz CT molecular complexity index is 201. The third-order valence-electron chi connectivity index (χ3n) is 4.21. The van der Waals surface area contributed by atoms with E-state index in [9.17, 15) is 4.79 Å². The highest BCUT2D eigenvalue weighted by Gasteiger charge is 2.38. The van der Waals surface area contributed by atoms with E-state index in [0.29, 0.717) is 5.78 Å². The van der Waals surface area contributed by atoms with E-state index in [2.05, 4.69) is 0 Å². The Hall–Kier alpha value is -0.330. The second-order valence-electron chi connectivity index (χ2n) is 5.18. The number of hydrogen-bond donors (Lipinski definition) is 0. The summed E-state index contributed by atoms with van der Waals surface area (Å²) in [6.07, 6.45) is 13.5. The fraction of sp³-hybridized carbons (Fsp3) is 0.923. The quantitative estimate of drug-likeness (QED) is 0.572. The van der Waals surface area contributed by atoms with Crippen LogP contribution >= 0.6 is 0 Å². The number of hydrogen-bond acceptors (Lipinski definition) is 1. The minimum Gasteiger partial charge on any atom is -0.299 e. The third kappa shape index (κ3) is 2.02. The van der Waals surface area contributed by atoms with E-state index in [0.717, 1.165) is 12.8 Å². The van der Waals surface area contributed by atoms with Crippen LogP contribution in [0.1, 0.15) is 70.6 Å². The number of Topliss-reactive ketones (excluding diaryl/α,β-unsaturated/α-hetero) is 1. The zero-order chi connectivity index (χ0) is 9.86. The van der Waals surface area contributed by atoms with Gasteiger partial charge in [0, 0.05) is 11.8 Å². The van der Waals surface area contributed by atoms with E-state index in [1.807, 2.05) is 0 Å². The van der Waals surface area contributed by atoms with Crippen molar-refractivity contribution in [2.24, 2.45) is 5.41 Å². The van der Waals surface area contributed by atoms with Crippen LogP contribution in [0, 0.1) is 5.41 Å². The van der Waals surface area contributed by atoms with Crippen molar-refractivity contribution >= 4 is 5.78 Å². The van der Waals surface area contributed by atoms with Crippen LogP contribution in [0.25, 0.3) is 0 Å². The molecule has 0 N–H and O–H groups in total. The molecule has 2 aliphatic carbocycles. The monoisotopic (exact) mass is 194 g/mol. The zero-order valence-corrected chi connectivity index (χ0v) is 9.19. The molecule has 0 heterocycles. The standard InChI is InChI=1S/C13H22O/c14-12-8-4-1-2-5-9-13(12)10-6-3-7-11-13/h1-11H2. The third-order valence-corrected chi connectivity index (χ3v) is 4.21. The van der Waals surface area contributed by atoms with Gasteiger partial charge in [0.25, 0.3) is 0 Å². The van der Waals surface area contributed by atoms with Crippen molar-refractivity contribution < 1.29 is 4.79 Å². The van der Waals surface area contributed by atoms with Gasteiger partial charge in [0.2, 0.25) is 0 Å².